The molecule has 2 aromatic rings. The number of aliphatic hydroxyl groups excluding tert-OH is 1. The van der Waals surface area contributed by atoms with Gasteiger partial charge in [-0.3, -0.25) is 4.98 Å². The van der Waals surface area contributed by atoms with Gasteiger partial charge in [0, 0.05) is 37.6 Å². The summed E-state index contributed by atoms with van der Waals surface area (Å²) in [6.45, 7) is 0.540. The van der Waals surface area contributed by atoms with E-state index in [9.17, 15) is 18.3 Å². The largest absolute Gasteiger partial charge is 0.433 e. The van der Waals surface area contributed by atoms with Gasteiger partial charge in [0.2, 0.25) is 0 Å². The first-order chi connectivity index (χ1) is 11.3. The van der Waals surface area contributed by atoms with E-state index in [1.807, 2.05) is 0 Å². The molecule has 128 valence electrons. The van der Waals surface area contributed by atoms with Crippen LogP contribution in [-0.2, 0) is 6.18 Å². The van der Waals surface area contributed by atoms with E-state index in [1.54, 1.807) is 24.1 Å². The number of aromatic nitrogens is 3. The lowest BCUT2D eigenvalue weighted by Crippen LogP contribution is -2.37. The van der Waals surface area contributed by atoms with E-state index >= 15 is 0 Å². The summed E-state index contributed by atoms with van der Waals surface area (Å²) in [5, 5.41) is 9.35. The third-order valence-electron chi connectivity index (χ3n) is 4.06. The van der Waals surface area contributed by atoms with Gasteiger partial charge in [-0.25, -0.2) is 9.97 Å². The van der Waals surface area contributed by atoms with Crippen LogP contribution in [0.1, 0.15) is 18.5 Å². The van der Waals surface area contributed by atoms with Crippen molar-refractivity contribution in [3.63, 3.8) is 0 Å². The standard InChI is InChI=1S/C16H17F3N4O/c1-23(9-10-5-12(24)6-10)14-7-13(16(17,18)19)21-15(22-14)11-3-2-4-20-8-11/h2-4,7-8,10,12,24H,5-6,9H2,1H3. The number of alkyl halides is 3. The van der Waals surface area contributed by atoms with Crippen LogP contribution < -0.4 is 4.90 Å². The van der Waals surface area contributed by atoms with Crippen LogP contribution >= 0.6 is 0 Å². The summed E-state index contributed by atoms with van der Waals surface area (Å²) in [5.41, 5.74) is -0.552. The Bertz CT molecular complexity index is 702. The molecule has 0 atom stereocenters. The van der Waals surface area contributed by atoms with Gasteiger partial charge in [-0.2, -0.15) is 13.2 Å². The number of hydrogen-bond donors (Lipinski definition) is 1. The average Bonchev–Trinajstić information content (AvgIpc) is 2.53. The second-order valence-corrected chi connectivity index (χ2v) is 6.05. The van der Waals surface area contributed by atoms with Gasteiger partial charge in [-0.15, -0.1) is 0 Å². The zero-order valence-corrected chi connectivity index (χ0v) is 13.0. The molecule has 0 saturated heterocycles. The Morgan fingerprint density at radius 1 is 1.29 bits per heavy atom. The van der Waals surface area contributed by atoms with Crippen molar-refractivity contribution >= 4 is 5.82 Å². The Labute approximate surface area is 137 Å². The molecule has 3 rings (SSSR count). The lowest BCUT2D eigenvalue weighted by Gasteiger charge is -2.34. The molecule has 0 bridgehead atoms. The number of pyridine rings is 1. The molecule has 24 heavy (non-hydrogen) atoms. The van der Waals surface area contributed by atoms with Crippen molar-refractivity contribution in [3.05, 3.63) is 36.3 Å². The highest BCUT2D eigenvalue weighted by Crippen LogP contribution is 2.33. The molecular formula is C16H17F3N4O. The highest BCUT2D eigenvalue weighted by molar-refractivity contribution is 5.57. The average molecular weight is 338 g/mol. The first-order valence-electron chi connectivity index (χ1n) is 7.59. The van der Waals surface area contributed by atoms with Crippen molar-refractivity contribution in [2.24, 2.45) is 5.92 Å². The van der Waals surface area contributed by atoms with Crippen molar-refractivity contribution in [2.75, 3.05) is 18.5 Å². The highest BCUT2D eigenvalue weighted by atomic mass is 19.4. The molecule has 8 heteroatoms. The van der Waals surface area contributed by atoms with E-state index in [2.05, 4.69) is 15.0 Å². The first-order valence-corrected chi connectivity index (χ1v) is 7.59. The van der Waals surface area contributed by atoms with E-state index in [1.165, 1.54) is 12.4 Å². The topological polar surface area (TPSA) is 62.1 Å². The summed E-state index contributed by atoms with van der Waals surface area (Å²) in [6, 6.07) is 4.20. The molecule has 1 N–H and O–H groups in total. The second kappa shape index (κ2) is 6.35. The fourth-order valence-corrected chi connectivity index (χ4v) is 2.73. The van der Waals surface area contributed by atoms with Gasteiger partial charge in [0.25, 0.3) is 0 Å². The number of aliphatic hydroxyl groups is 1. The molecule has 1 saturated carbocycles. The Balaban J connectivity index is 1.93. The Hall–Kier alpha value is -2.22. The molecule has 0 radical (unpaired) electrons. The minimum atomic E-state index is -4.55. The zero-order chi connectivity index (χ0) is 17.3. The Kier molecular flexibility index (Phi) is 4.40. The van der Waals surface area contributed by atoms with Crippen molar-refractivity contribution < 1.29 is 18.3 Å². The second-order valence-electron chi connectivity index (χ2n) is 6.05. The monoisotopic (exact) mass is 338 g/mol. The predicted octanol–water partition coefficient (Wildman–Crippen LogP) is 2.76. The minimum Gasteiger partial charge on any atom is -0.393 e. The van der Waals surface area contributed by atoms with Gasteiger partial charge in [0.15, 0.2) is 11.5 Å². The van der Waals surface area contributed by atoms with E-state index < -0.39 is 11.9 Å². The number of hydrogen-bond acceptors (Lipinski definition) is 5. The highest BCUT2D eigenvalue weighted by Gasteiger charge is 2.35. The maximum absolute atomic E-state index is 13.2. The van der Waals surface area contributed by atoms with Gasteiger partial charge >= 0.3 is 6.18 Å². The maximum Gasteiger partial charge on any atom is 0.433 e. The quantitative estimate of drug-likeness (QED) is 0.929. The summed E-state index contributed by atoms with van der Waals surface area (Å²) in [7, 11) is 1.69. The first kappa shape index (κ1) is 16.6. The van der Waals surface area contributed by atoms with Gasteiger partial charge in [-0.05, 0) is 30.9 Å². The van der Waals surface area contributed by atoms with Crippen LogP contribution in [0.5, 0.6) is 0 Å². The molecule has 2 aromatic heterocycles. The Morgan fingerprint density at radius 3 is 2.62 bits per heavy atom. The molecule has 0 aromatic carbocycles. The number of nitrogens with zero attached hydrogens (tertiary/aromatic N) is 4. The van der Waals surface area contributed by atoms with Crippen LogP contribution in [0.15, 0.2) is 30.6 Å². The van der Waals surface area contributed by atoms with E-state index in [-0.39, 0.29) is 23.7 Å². The molecule has 1 aliphatic rings. The molecule has 2 heterocycles. The molecule has 0 spiro atoms. The summed E-state index contributed by atoms with van der Waals surface area (Å²) < 4.78 is 39.5. The molecule has 0 unspecified atom stereocenters. The van der Waals surface area contributed by atoms with Crippen molar-refractivity contribution in [1.82, 2.24) is 15.0 Å². The van der Waals surface area contributed by atoms with Crippen LogP contribution in [0, 0.1) is 5.92 Å². The molecule has 1 fully saturated rings. The van der Waals surface area contributed by atoms with E-state index in [4.69, 9.17) is 0 Å². The molecule has 5 nitrogen and oxygen atoms in total. The van der Waals surface area contributed by atoms with Gasteiger partial charge < -0.3 is 10.0 Å². The van der Waals surface area contributed by atoms with Gasteiger partial charge in [-0.1, -0.05) is 0 Å². The van der Waals surface area contributed by atoms with E-state index in [0.29, 0.717) is 24.9 Å². The number of rotatable bonds is 4. The van der Waals surface area contributed by atoms with Crippen LogP contribution in [0.3, 0.4) is 0 Å². The van der Waals surface area contributed by atoms with Crippen molar-refractivity contribution in [1.29, 1.82) is 0 Å². The zero-order valence-electron chi connectivity index (χ0n) is 13.0. The maximum atomic E-state index is 13.2. The number of anilines is 1. The number of halogens is 3. The normalized spacial score (nSPS) is 20.5. The Morgan fingerprint density at radius 2 is 2.04 bits per heavy atom. The molecular weight excluding hydrogens is 321 g/mol. The molecule has 0 aliphatic heterocycles. The smallest absolute Gasteiger partial charge is 0.393 e. The summed E-state index contributed by atoms with van der Waals surface area (Å²) in [6.07, 6.45) is -0.561. The molecule has 0 amide bonds. The summed E-state index contributed by atoms with van der Waals surface area (Å²) >= 11 is 0. The van der Waals surface area contributed by atoms with Crippen molar-refractivity contribution in [3.8, 4) is 11.4 Å². The minimum absolute atomic E-state index is 0.00609. The third-order valence-corrected chi connectivity index (χ3v) is 4.06. The van der Waals surface area contributed by atoms with E-state index in [0.717, 1.165) is 6.07 Å². The predicted molar refractivity (Wildman–Crippen MR) is 82.3 cm³/mol. The summed E-state index contributed by atoms with van der Waals surface area (Å²) in [4.78, 5) is 13.5. The van der Waals surface area contributed by atoms with Crippen LogP contribution in [0.25, 0.3) is 11.4 Å². The van der Waals surface area contributed by atoms with Crippen LogP contribution in [-0.4, -0.2) is 39.8 Å². The lowest BCUT2D eigenvalue weighted by atomic mass is 9.82. The van der Waals surface area contributed by atoms with Crippen LogP contribution in [0.2, 0.25) is 0 Å². The van der Waals surface area contributed by atoms with Gasteiger partial charge in [0.1, 0.15) is 5.82 Å². The lowest BCUT2D eigenvalue weighted by molar-refractivity contribution is -0.141. The third kappa shape index (κ3) is 3.64. The van der Waals surface area contributed by atoms with Gasteiger partial charge in [0.05, 0.1) is 6.10 Å². The molecule has 1 aliphatic carbocycles. The van der Waals surface area contributed by atoms with Crippen LogP contribution in [0.4, 0.5) is 19.0 Å². The SMILES string of the molecule is CN(CC1CC(O)C1)c1cc(C(F)(F)F)nc(-c2cccnc2)n1. The fourth-order valence-electron chi connectivity index (χ4n) is 2.73. The van der Waals surface area contributed by atoms with Crippen molar-refractivity contribution in [2.45, 2.75) is 25.1 Å². The summed E-state index contributed by atoms with van der Waals surface area (Å²) in [5.74, 6) is 0.460. The fraction of sp³-hybridized carbons (Fsp3) is 0.438.